The molecule has 1 rings (SSSR count). The van der Waals surface area contributed by atoms with E-state index in [0.29, 0.717) is 11.1 Å². The molecule has 1 aromatic rings. The van der Waals surface area contributed by atoms with Crippen LogP contribution < -0.4 is 11.1 Å². The molecule has 3 N–H and O–H groups in total. The normalized spacial score (nSPS) is 11.0. The van der Waals surface area contributed by atoms with Gasteiger partial charge in [-0.3, -0.25) is 14.6 Å². The number of nitrogens with zero attached hydrogens (tertiary/aromatic N) is 2. The Hall–Kier alpha value is -2.39. The average molecular weight is 274 g/mol. The molecule has 0 saturated heterocycles. The highest BCUT2D eigenvalue weighted by molar-refractivity contribution is 5.97. The third-order valence-corrected chi connectivity index (χ3v) is 2.49. The topological polar surface area (TPSA) is 88.3 Å². The lowest BCUT2D eigenvalue weighted by Crippen LogP contribution is -2.44. The van der Waals surface area contributed by atoms with Crippen LogP contribution in [0.2, 0.25) is 0 Å². The Morgan fingerprint density at radius 2 is 2.15 bits per heavy atom. The molecule has 6 heteroatoms. The van der Waals surface area contributed by atoms with Gasteiger partial charge in [-0.2, -0.15) is 0 Å². The molecule has 6 nitrogen and oxygen atoms in total. The van der Waals surface area contributed by atoms with E-state index in [1.165, 1.54) is 11.1 Å². The summed E-state index contributed by atoms with van der Waals surface area (Å²) in [5, 5.41) is 2.62. The number of hydrogen-bond donors (Lipinski definition) is 2. The molecule has 1 atom stereocenters. The largest absolute Gasteiger partial charge is 0.347 e. The maximum absolute atomic E-state index is 12.0. The van der Waals surface area contributed by atoms with Crippen LogP contribution in [0, 0.1) is 11.8 Å². The fraction of sp³-hybridized carbons (Fsp3) is 0.357. The summed E-state index contributed by atoms with van der Waals surface area (Å²) in [4.78, 5) is 29.1. The lowest BCUT2D eigenvalue weighted by Gasteiger charge is -2.17. The highest BCUT2D eigenvalue weighted by atomic mass is 16.2. The molecule has 0 aliphatic rings. The van der Waals surface area contributed by atoms with Crippen molar-refractivity contribution in [1.82, 2.24) is 15.2 Å². The van der Waals surface area contributed by atoms with Gasteiger partial charge in [0.05, 0.1) is 12.1 Å². The summed E-state index contributed by atoms with van der Waals surface area (Å²) in [6.45, 7) is 1.87. The van der Waals surface area contributed by atoms with E-state index in [-0.39, 0.29) is 18.4 Å². The van der Waals surface area contributed by atoms with Crippen molar-refractivity contribution in [3.63, 3.8) is 0 Å². The fourth-order valence-electron chi connectivity index (χ4n) is 1.51. The molecule has 2 amide bonds. The summed E-state index contributed by atoms with van der Waals surface area (Å²) in [5.74, 6) is 4.95. The maximum Gasteiger partial charge on any atom is 0.253 e. The van der Waals surface area contributed by atoms with E-state index in [2.05, 4.69) is 22.1 Å². The second kappa shape index (κ2) is 7.26. The van der Waals surface area contributed by atoms with Crippen LogP contribution in [-0.2, 0) is 4.79 Å². The van der Waals surface area contributed by atoms with Crippen LogP contribution >= 0.6 is 0 Å². The first-order valence-corrected chi connectivity index (χ1v) is 6.11. The van der Waals surface area contributed by atoms with Crippen LogP contribution in [0.1, 0.15) is 22.8 Å². The van der Waals surface area contributed by atoms with Gasteiger partial charge in [-0.05, 0) is 13.0 Å². The Morgan fingerprint density at radius 3 is 2.75 bits per heavy atom. The van der Waals surface area contributed by atoms with E-state index in [4.69, 9.17) is 5.73 Å². The van der Waals surface area contributed by atoms with Crippen molar-refractivity contribution in [2.24, 2.45) is 5.73 Å². The van der Waals surface area contributed by atoms with E-state index in [1.54, 1.807) is 33.3 Å². The highest BCUT2D eigenvalue weighted by Crippen LogP contribution is 2.02. The number of hydrogen-bond acceptors (Lipinski definition) is 4. The van der Waals surface area contributed by atoms with Gasteiger partial charge in [0.1, 0.15) is 6.04 Å². The quantitative estimate of drug-likeness (QED) is 0.734. The molecular weight excluding hydrogens is 256 g/mol. The third kappa shape index (κ3) is 4.37. The first kappa shape index (κ1) is 15.7. The van der Waals surface area contributed by atoms with Crippen molar-refractivity contribution >= 4 is 11.8 Å². The minimum atomic E-state index is -0.601. The molecule has 20 heavy (non-hydrogen) atoms. The van der Waals surface area contributed by atoms with Gasteiger partial charge in [0.25, 0.3) is 5.91 Å². The number of carbonyl (C=O) groups is 2. The Labute approximate surface area is 118 Å². The zero-order chi connectivity index (χ0) is 15.1. The second-order valence-electron chi connectivity index (χ2n) is 4.40. The number of rotatable bonds is 3. The number of amides is 2. The predicted octanol–water partition coefficient (Wildman–Crippen LogP) is -0.402. The molecule has 0 fully saturated rings. The summed E-state index contributed by atoms with van der Waals surface area (Å²) in [7, 11) is 3.27. The number of nitrogens with two attached hydrogens (primary N) is 1. The molecule has 0 saturated carbocycles. The van der Waals surface area contributed by atoms with Crippen molar-refractivity contribution < 1.29 is 9.59 Å². The molecular formula is C14H18N4O2. The SMILES string of the molecule is CC(NC(=O)c1cncc(C#CCN)c1)C(=O)N(C)C. The van der Waals surface area contributed by atoms with E-state index in [0.717, 1.165) is 0 Å². The van der Waals surface area contributed by atoms with Crippen molar-refractivity contribution in [3.05, 3.63) is 29.6 Å². The van der Waals surface area contributed by atoms with Crippen LogP contribution in [-0.4, -0.2) is 48.4 Å². The van der Waals surface area contributed by atoms with Crippen molar-refractivity contribution in [1.29, 1.82) is 0 Å². The van der Waals surface area contributed by atoms with Gasteiger partial charge in [0.15, 0.2) is 0 Å². The average Bonchev–Trinajstić information content (AvgIpc) is 2.44. The summed E-state index contributed by atoms with van der Waals surface area (Å²) in [6, 6.07) is 1.01. The van der Waals surface area contributed by atoms with Gasteiger partial charge in [-0.15, -0.1) is 0 Å². The standard InChI is InChI=1S/C14H18N4O2/c1-10(14(20)18(2)3)17-13(19)12-7-11(5-4-6-15)8-16-9-12/h7-10H,6,15H2,1-3H3,(H,17,19). The molecule has 1 unspecified atom stereocenters. The number of aromatic nitrogens is 1. The van der Waals surface area contributed by atoms with Gasteiger partial charge < -0.3 is 16.0 Å². The number of nitrogens with one attached hydrogen (secondary N) is 1. The fourth-order valence-corrected chi connectivity index (χ4v) is 1.51. The molecule has 0 aliphatic heterocycles. The molecule has 0 aliphatic carbocycles. The molecule has 0 radical (unpaired) electrons. The Bertz CT molecular complexity index is 558. The molecule has 1 heterocycles. The zero-order valence-corrected chi connectivity index (χ0v) is 11.8. The van der Waals surface area contributed by atoms with Crippen LogP contribution in [0.25, 0.3) is 0 Å². The van der Waals surface area contributed by atoms with Crippen LogP contribution in [0.3, 0.4) is 0 Å². The maximum atomic E-state index is 12.0. The van der Waals surface area contributed by atoms with E-state index < -0.39 is 6.04 Å². The number of likely N-dealkylation sites (N-methyl/N-ethyl adjacent to an activating group) is 1. The van der Waals surface area contributed by atoms with Crippen LogP contribution in [0.4, 0.5) is 0 Å². The van der Waals surface area contributed by atoms with E-state index in [1.807, 2.05) is 0 Å². The van der Waals surface area contributed by atoms with E-state index in [9.17, 15) is 9.59 Å². The predicted molar refractivity (Wildman–Crippen MR) is 75.8 cm³/mol. The van der Waals surface area contributed by atoms with Crippen molar-refractivity contribution in [2.75, 3.05) is 20.6 Å². The zero-order valence-electron chi connectivity index (χ0n) is 11.8. The Kier molecular flexibility index (Phi) is 5.69. The van der Waals surface area contributed by atoms with E-state index >= 15 is 0 Å². The molecule has 0 aromatic carbocycles. The first-order chi connectivity index (χ1) is 9.45. The summed E-state index contributed by atoms with van der Waals surface area (Å²) < 4.78 is 0. The first-order valence-electron chi connectivity index (χ1n) is 6.11. The minimum absolute atomic E-state index is 0.176. The molecule has 0 bridgehead atoms. The summed E-state index contributed by atoms with van der Waals surface area (Å²) in [5.41, 5.74) is 6.25. The highest BCUT2D eigenvalue weighted by Gasteiger charge is 2.18. The summed E-state index contributed by atoms with van der Waals surface area (Å²) in [6.07, 6.45) is 2.98. The van der Waals surface area contributed by atoms with Crippen molar-refractivity contribution in [2.45, 2.75) is 13.0 Å². The van der Waals surface area contributed by atoms with Gasteiger partial charge in [-0.1, -0.05) is 11.8 Å². The lowest BCUT2D eigenvalue weighted by molar-refractivity contribution is -0.130. The van der Waals surface area contributed by atoms with Gasteiger partial charge in [0.2, 0.25) is 5.91 Å². The van der Waals surface area contributed by atoms with Gasteiger partial charge in [0, 0.05) is 32.1 Å². The Morgan fingerprint density at radius 1 is 1.45 bits per heavy atom. The second-order valence-corrected chi connectivity index (χ2v) is 4.40. The van der Waals surface area contributed by atoms with Crippen LogP contribution in [0.5, 0.6) is 0 Å². The van der Waals surface area contributed by atoms with Gasteiger partial charge >= 0.3 is 0 Å². The number of pyridine rings is 1. The van der Waals surface area contributed by atoms with Crippen LogP contribution in [0.15, 0.2) is 18.5 Å². The third-order valence-electron chi connectivity index (χ3n) is 2.49. The minimum Gasteiger partial charge on any atom is -0.347 e. The molecule has 0 spiro atoms. The van der Waals surface area contributed by atoms with Crippen molar-refractivity contribution in [3.8, 4) is 11.8 Å². The molecule has 106 valence electrons. The summed E-state index contributed by atoms with van der Waals surface area (Å²) >= 11 is 0. The number of carbonyl (C=O) groups excluding carboxylic acids is 2. The lowest BCUT2D eigenvalue weighted by atomic mass is 10.2. The monoisotopic (exact) mass is 274 g/mol. The smallest absolute Gasteiger partial charge is 0.253 e. The Balaban J connectivity index is 2.80. The van der Waals surface area contributed by atoms with Gasteiger partial charge in [-0.25, -0.2) is 0 Å². The molecule has 1 aromatic heterocycles.